The zero-order chi connectivity index (χ0) is 19.5. The van der Waals surface area contributed by atoms with Gasteiger partial charge in [0.2, 0.25) is 0 Å². The monoisotopic (exact) mass is 372 g/mol. The zero-order valence-corrected chi connectivity index (χ0v) is 16.3. The Morgan fingerprint density at radius 2 is 1.59 bits per heavy atom. The van der Waals surface area contributed by atoms with E-state index in [0.717, 1.165) is 11.3 Å². The van der Waals surface area contributed by atoms with Crippen LogP contribution in [0.15, 0.2) is 48.5 Å². The van der Waals surface area contributed by atoms with Crippen molar-refractivity contribution >= 4 is 12.6 Å². The van der Waals surface area contributed by atoms with Gasteiger partial charge in [0.15, 0.2) is 0 Å². The largest absolute Gasteiger partial charge is 0.497 e. The molecule has 0 radical (unpaired) electrons. The molecule has 0 N–H and O–H groups in total. The van der Waals surface area contributed by atoms with E-state index in [0.29, 0.717) is 25.3 Å². The SMILES string of the molecule is CC1(C)OB(c2cc(COCCOc3ccccc3)ccc2F)OC1(C)C. The molecule has 0 bridgehead atoms. The second-order valence-electron chi connectivity index (χ2n) is 7.66. The molecule has 27 heavy (non-hydrogen) atoms. The van der Waals surface area contributed by atoms with Gasteiger partial charge in [-0.1, -0.05) is 30.3 Å². The summed E-state index contributed by atoms with van der Waals surface area (Å²) in [6, 6.07) is 14.5. The third-order valence-electron chi connectivity index (χ3n) is 5.08. The first-order chi connectivity index (χ1) is 12.8. The van der Waals surface area contributed by atoms with Gasteiger partial charge in [-0.3, -0.25) is 0 Å². The summed E-state index contributed by atoms with van der Waals surface area (Å²) >= 11 is 0. The minimum atomic E-state index is -0.726. The summed E-state index contributed by atoms with van der Waals surface area (Å²) < 4.78 is 37.5. The summed E-state index contributed by atoms with van der Waals surface area (Å²) in [5.74, 6) is 0.468. The standard InChI is InChI=1S/C21H26BFO4/c1-20(2)21(3,4)27-22(26-20)18-14-16(10-11-19(18)23)15-24-12-13-25-17-8-6-5-7-9-17/h5-11,14H,12-13,15H2,1-4H3. The summed E-state index contributed by atoms with van der Waals surface area (Å²) in [6.07, 6.45) is 0. The third kappa shape index (κ3) is 4.70. The first-order valence-electron chi connectivity index (χ1n) is 9.18. The van der Waals surface area contributed by atoms with E-state index in [1.165, 1.54) is 6.07 Å². The smallest absolute Gasteiger partial charge is 0.491 e. The molecule has 144 valence electrons. The molecule has 0 aromatic heterocycles. The van der Waals surface area contributed by atoms with Gasteiger partial charge >= 0.3 is 7.12 Å². The molecule has 3 rings (SSSR count). The molecular formula is C21H26BFO4. The lowest BCUT2D eigenvalue weighted by atomic mass is 9.78. The Labute approximate surface area is 160 Å². The van der Waals surface area contributed by atoms with Crippen LogP contribution >= 0.6 is 0 Å². The van der Waals surface area contributed by atoms with Crippen LogP contribution in [0.3, 0.4) is 0 Å². The van der Waals surface area contributed by atoms with Crippen molar-refractivity contribution in [2.75, 3.05) is 13.2 Å². The Bertz CT molecular complexity index is 748. The maximum absolute atomic E-state index is 14.3. The van der Waals surface area contributed by atoms with Crippen molar-refractivity contribution in [2.45, 2.75) is 45.5 Å². The molecule has 0 amide bonds. The Kier molecular flexibility index (Phi) is 5.89. The predicted molar refractivity (Wildman–Crippen MR) is 104 cm³/mol. The van der Waals surface area contributed by atoms with Crippen molar-refractivity contribution in [3.05, 3.63) is 59.9 Å². The summed E-state index contributed by atoms with van der Waals surface area (Å²) in [6.45, 7) is 9.06. The first kappa shape index (κ1) is 19.9. The summed E-state index contributed by atoms with van der Waals surface area (Å²) in [5.41, 5.74) is 0.243. The molecule has 0 aliphatic carbocycles. The number of hydrogen-bond acceptors (Lipinski definition) is 4. The van der Waals surface area contributed by atoms with E-state index in [4.69, 9.17) is 18.8 Å². The second-order valence-corrected chi connectivity index (χ2v) is 7.66. The van der Waals surface area contributed by atoms with Gasteiger partial charge < -0.3 is 18.8 Å². The molecule has 0 atom stereocenters. The Hall–Kier alpha value is -1.89. The van der Waals surface area contributed by atoms with Crippen molar-refractivity contribution in [3.63, 3.8) is 0 Å². The van der Waals surface area contributed by atoms with Gasteiger partial charge in [-0.2, -0.15) is 0 Å². The number of halogens is 1. The predicted octanol–water partition coefficient (Wildman–Crippen LogP) is 3.72. The van der Waals surface area contributed by atoms with E-state index in [1.54, 1.807) is 12.1 Å². The van der Waals surface area contributed by atoms with Gasteiger partial charge in [0.05, 0.1) is 24.4 Å². The number of benzene rings is 2. The maximum Gasteiger partial charge on any atom is 0.497 e. The maximum atomic E-state index is 14.3. The fraction of sp³-hybridized carbons (Fsp3) is 0.429. The molecule has 1 fully saturated rings. The highest BCUT2D eigenvalue weighted by atomic mass is 19.1. The Morgan fingerprint density at radius 3 is 2.26 bits per heavy atom. The summed E-state index contributed by atoms with van der Waals surface area (Å²) in [5, 5.41) is 0. The molecule has 0 saturated carbocycles. The molecule has 6 heteroatoms. The van der Waals surface area contributed by atoms with Crippen molar-refractivity contribution in [1.29, 1.82) is 0 Å². The quantitative estimate of drug-likeness (QED) is 0.548. The van der Waals surface area contributed by atoms with Gasteiger partial charge in [-0.25, -0.2) is 4.39 Å². The molecule has 0 unspecified atom stereocenters. The highest BCUT2D eigenvalue weighted by molar-refractivity contribution is 6.62. The van der Waals surface area contributed by atoms with E-state index < -0.39 is 18.3 Å². The average Bonchev–Trinajstić information content (AvgIpc) is 2.84. The van der Waals surface area contributed by atoms with Gasteiger partial charge in [0.1, 0.15) is 18.2 Å². The first-order valence-corrected chi connectivity index (χ1v) is 9.18. The molecule has 2 aromatic carbocycles. The average molecular weight is 372 g/mol. The Balaban J connectivity index is 1.55. The van der Waals surface area contributed by atoms with E-state index in [1.807, 2.05) is 58.0 Å². The van der Waals surface area contributed by atoms with Crippen LogP contribution in [0.2, 0.25) is 0 Å². The lowest BCUT2D eigenvalue weighted by Gasteiger charge is -2.32. The van der Waals surface area contributed by atoms with Gasteiger partial charge in [0.25, 0.3) is 0 Å². The van der Waals surface area contributed by atoms with Crippen LogP contribution in [0.25, 0.3) is 0 Å². The fourth-order valence-electron chi connectivity index (χ4n) is 2.76. The molecule has 2 aromatic rings. The highest BCUT2D eigenvalue weighted by Gasteiger charge is 2.52. The number of para-hydroxylation sites is 1. The topological polar surface area (TPSA) is 36.9 Å². The molecule has 1 aliphatic heterocycles. The third-order valence-corrected chi connectivity index (χ3v) is 5.08. The van der Waals surface area contributed by atoms with Crippen LogP contribution in [-0.4, -0.2) is 31.5 Å². The van der Waals surface area contributed by atoms with Crippen LogP contribution in [0.5, 0.6) is 5.75 Å². The lowest BCUT2D eigenvalue weighted by molar-refractivity contribution is 0.00578. The molecule has 1 heterocycles. The van der Waals surface area contributed by atoms with Crippen LogP contribution in [0.1, 0.15) is 33.3 Å². The van der Waals surface area contributed by atoms with Crippen LogP contribution in [0, 0.1) is 5.82 Å². The minimum Gasteiger partial charge on any atom is -0.491 e. The fourth-order valence-corrected chi connectivity index (χ4v) is 2.76. The minimum absolute atomic E-state index is 0.343. The molecular weight excluding hydrogens is 346 g/mol. The second kappa shape index (κ2) is 8.01. The molecule has 1 aliphatic rings. The van der Waals surface area contributed by atoms with Crippen molar-refractivity contribution in [1.82, 2.24) is 0 Å². The van der Waals surface area contributed by atoms with E-state index >= 15 is 0 Å². The van der Waals surface area contributed by atoms with Gasteiger partial charge in [-0.05, 0) is 51.5 Å². The molecule has 4 nitrogen and oxygen atoms in total. The van der Waals surface area contributed by atoms with Crippen LogP contribution in [0.4, 0.5) is 4.39 Å². The van der Waals surface area contributed by atoms with E-state index in [-0.39, 0.29) is 5.82 Å². The van der Waals surface area contributed by atoms with E-state index in [2.05, 4.69) is 0 Å². The van der Waals surface area contributed by atoms with Crippen LogP contribution in [-0.2, 0) is 20.7 Å². The van der Waals surface area contributed by atoms with Crippen molar-refractivity contribution in [2.24, 2.45) is 0 Å². The zero-order valence-electron chi connectivity index (χ0n) is 16.3. The molecule has 0 spiro atoms. The van der Waals surface area contributed by atoms with Crippen molar-refractivity contribution < 1.29 is 23.2 Å². The van der Waals surface area contributed by atoms with Gasteiger partial charge in [-0.15, -0.1) is 0 Å². The summed E-state index contributed by atoms with van der Waals surface area (Å²) in [4.78, 5) is 0. The van der Waals surface area contributed by atoms with Crippen LogP contribution < -0.4 is 10.2 Å². The molecule has 1 saturated heterocycles. The van der Waals surface area contributed by atoms with Gasteiger partial charge in [0, 0.05) is 5.46 Å². The number of hydrogen-bond donors (Lipinski definition) is 0. The lowest BCUT2D eigenvalue weighted by Crippen LogP contribution is -2.41. The van der Waals surface area contributed by atoms with E-state index in [9.17, 15) is 4.39 Å². The number of ether oxygens (including phenoxy) is 2. The number of rotatable bonds is 7. The van der Waals surface area contributed by atoms with Crippen molar-refractivity contribution in [3.8, 4) is 5.75 Å². The highest BCUT2D eigenvalue weighted by Crippen LogP contribution is 2.36. The Morgan fingerprint density at radius 1 is 0.926 bits per heavy atom. The normalized spacial score (nSPS) is 17.9. The summed E-state index contributed by atoms with van der Waals surface area (Å²) in [7, 11) is -0.726.